The molecular weight excluding hydrogens is 841 g/mol. The van der Waals surface area contributed by atoms with E-state index in [4.69, 9.17) is 14.2 Å². The normalized spacial score (nSPS) is 13.6. The summed E-state index contributed by atoms with van der Waals surface area (Å²) in [5.74, 6) is -1.15. The minimum atomic E-state index is -0.861. The quantitative estimate of drug-likeness (QED) is 0.0199. The number of carbonyl (C=O) groups is 3. The number of allylic oxidation sites excluding steroid dienone is 30. The van der Waals surface area contributed by atoms with Gasteiger partial charge in [0.25, 0.3) is 0 Å². The van der Waals surface area contributed by atoms with Gasteiger partial charge in [-0.15, -0.1) is 0 Å². The number of ether oxygens (including phenoxy) is 3. The predicted octanol–water partition coefficient (Wildman–Crippen LogP) is 17.4. The maximum absolute atomic E-state index is 12.8. The van der Waals surface area contributed by atoms with Crippen LogP contribution in [0.15, 0.2) is 182 Å². The number of hydrogen-bond acceptors (Lipinski definition) is 6. The Bertz CT molecular complexity index is 1680. The molecule has 0 aliphatic carbocycles. The molecule has 0 saturated heterocycles. The largest absolute Gasteiger partial charge is 0.462 e. The van der Waals surface area contributed by atoms with Crippen LogP contribution in [0.1, 0.15) is 168 Å². The molecule has 0 aliphatic heterocycles. The van der Waals surface area contributed by atoms with Crippen molar-refractivity contribution in [3.8, 4) is 0 Å². The van der Waals surface area contributed by atoms with Crippen LogP contribution in [-0.4, -0.2) is 37.2 Å². The van der Waals surface area contributed by atoms with E-state index in [0.29, 0.717) is 19.3 Å². The standard InChI is InChI=1S/C62H90O6/c1-4-7-10-13-16-19-22-25-27-29-31-33-34-37-40-43-46-49-52-55-61(64)67-58-59(57-66-60(63)54-51-48-45-42-39-36-24-21-18-15-12-9-6-3)68-62(65)56-53-50-47-44-41-38-35-32-30-28-26-23-20-17-14-11-8-5-2/h7,9-10,12,15-21,23-28,30-33,35-37,39-40,42,45-46,49,59H,4-6,8,11,13-14,22,29,34,38,41,43-44,47-48,50-58H2,1-3H3/b10-7+,12-9+,18-15+,19-16+,20-17+,24-21+,26-23+,27-25+,30-28+,33-31+,35-32+,39-36+,40-37+,45-42+,49-46+. The topological polar surface area (TPSA) is 78.9 Å². The number of rotatable bonds is 43. The summed E-state index contributed by atoms with van der Waals surface area (Å²) in [6.45, 7) is 6.15. The maximum atomic E-state index is 12.8. The minimum absolute atomic E-state index is 0.159. The first kappa shape index (κ1) is 62.5. The number of carbonyl (C=O) groups excluding carboxylic acids is 3. The second-order valence-electron chi connectivity index (χ2n) is 16.2. The van der Waals surface area contributed by atoms with Crippen LogP contribution in [0.3, 0.4) is 0 Å². The molecule has 0 saturated carbocycles. The van der Waals surface area contributed by atoms with Gasteiger partial charge in [-0.25, -0.2) is 0 Å². The van der Waals surface area contributed by atoms with Crippen LogP contribution in [-0.2, 0) is 28.6 Å². The van der Waals surface area contributed by atoms with Crippen molar-refractivity contribution in [3.05, 3.63) is 182 Å². The summed E-state index contributed by atoms with van der Waals surface area (Å²) in [5.41, 5.74) is 0. The van der Waals surface area contributed by atoms with Gasteiger partial charge < -0.3 is 14.2 Å². The number of hydrogen-bond donors (Lipinski definition) is 0. The van der Waals surface area contributed by atoms with Gasteiger partial charge in [0, 0.05) is 19.3 Å². The third kappa shape index (κ3) is 51.5. The van der Waals surface area contributed by atoms with Crippen LogP contribution in [0.2, 0.25) is 0 Å². The molecule has 0 amide bonds. The highest BCUT2D eigenvalue weighted by Crippen LogP contribution is 2.11. The lowest BCUT2D eigenvalue weighted by Gasteiger charge is -2.18. The van der Waals surface area contributed by atoms with Crippen LogP contribution >= 0.6 is 0 Å². The minimum Gasteiger partial charge on any atom is -0.462 e. The van der Waals surface area contributed by atoms with E-state index >= 15 is 0 Å². The highest BCUT2D eigenvalue weighted by molar-refractivity contribution is 5.71. The SMILES string of the molecule is CC/C=C/C=C/C=C/C=C/C=C/CCCC(=O)OCC(COC(=O)CC/C=C/C/C=C/C/C=C/C/C=C/C/C=C/C/C=C/CC)OC(=O)CCCCCCC/C=C/C=C/C=C/C=C/CCCCC. The van der Waals surface area contributed by atoms with Crippen molar-refractivity contribution in [1.29, 1.82) is 0 Å². The van der Waals surface area contributed by atoms with Crippen LogP contribution in [0.5, 0.6) is 0 Å². The van der Waals surface area contributed by atoms with Crippen molar-refractivity contribution in [2.75, 3.05) is 13.2 Å². The molecule has 374 valence electrons. The Hall–Kier alpha value is -5.49. The van der Waals surface area contributed by atoms with Gasteiger partial charge in [0.15, 0.2) is 6.10 Å². The zero-order chi connectivity index (χ0) is 49.3. The van der Waals surface area contributed by atoms with Crippen LogP contribution in [0.4, 0.5) is 0 Å². The molecule has 0 N–H and O–H groups in total. The van der Waals surface area contributed by atoms with Gasteiger partial charge in [0.2, 0.25) is 0 Å². The summed E-state index contributed by atoms with van der Waals surface area (Å²) in [6.07, 6.45) is 81.7. The molecule has 0 fully saturated rings. The molecule has 6 nitrogen and oxygen atoms in total. The van der Waals surface area contributed by atoms with Crippen molar-refractivity contribution in [2.45, 2.75) is 175 Å². The summed E-state index contributed by atoms with van der Waals surface area (Å²) in [7, 11) is 0. The second-order valence-corrected chi connectivity index (χ2v) is 16.2. The first-order valence-corrected chi connectivity index (χ1v) is 25.9. The molecule has 0 bridgehead atoms. The number of unbranched alkanes of at least 4 members (excludes halogenated alkanes) is 9. The van der Waals surface area contributed by atoms with Gasteiger partial charge in [-0.1, -0.05) is 235 Å². The fourth-order valence-electron chi connectivity index (χ4n) is 6.04. The lowest BCUT2D eigenvalue weighted by Crippen LogP contribution is -2.30. The van der Waals surface area contributed by atoms with Gasteiger partial charge in [-0.3, -0.25) is 14.4 Å². The average Bonchev–Trinajstić information content (AvgIpc) is 3.34. The van der Waals surface area contributed by atoms with E-state index in [1.165, 1.54) is 19.3 Å². The Balaban J connectivity index is 4.69. The van der Waals surface area contributed by atoms with Gasteiger partial charge in [0.05, 0.1) is 0 Å². The smallest absolute Gasteiger partial charge is 0.306 e. The molecule has 68 heavy (non-hydrogen) atoms. The number of esters is 3. The van der Waals surface area contributed by atoms with Crippen molar-refractivity contribution in [2.24, 2.45) is 0 Å². The molecule has 0 aromatic carbocycles. The van der Waals surface area contributed by atoms with Gasteiger partial charge in [-0.05, 0) is 96.3 Å². The fraction of sp³-hybridized carbons (Fsp3) is 0.468. The Labute approximate surface area is 414 Å². The summed E-state index contributed by atoms with van der Waals surface area (Å²) in [5, 5.41) is 0. The fourth-order valence-corrected chi connectivity index (χ4v) is 6.04. The van der Waals surface area contributed by atoms with Crippen molar-refractivity contribution in [3.63, 3.8) is 0 Å². The third-order valence-corrected chi connectivity index (χ3v) is 9.86. The molecule has 6 heteroatoms. The lowest BCUT2D eigenvalue weighted by atomic mass is 10.1. The van der Waals surface area contributed by atoms with E-state index in [1.807, 2.05) is 72.9 Å². The zero-order valence-electron chi connectivity index (χ0n) is 42.5. The molecule has 1 atom stereocenters. The van der Waals surface area contributed by atoms with E-state index in [9.17, 15) is 14.4 Å². The Kier molecular flexibility index (Phi) is 49.7. The molecule has 0 heterocycles. The molecule has 0 rings (SSSR count). The Morgan fingerprint density at radius 2 is 0.691 bits per heavy atom. The third-order valence-electron chi connectivity index (χ3n) is 9.86. The Morgan fingerprint density at radius 1 is 0.324 bits per heavy atom. The van der Waals surface area contributed by atoms with E-state index < -0.39 is 12.1 Å². The van der Waals surface area contributed by atoms with Crippen molar-refractivity contribution in [1.82, 2.24) is 0 Å². The van der Waals surface area contributed by atoms with Gasteiger partial charge in [-0.2, -0.15) is 0 Å². The highest BCUT2D eigenvalue weighted by atomic mass is 16.6. The zero-order valence-corrected chi connectivity index (χ0v) is 42.5. The maximum Gasteiger partial charge on any atom is 0.306 e. The molecule has 0 aliphatic rings. The van der Waals surface area contributed by atoms with E-state index in [-0.39, 0.29) is 44.4 Å². The lowest BCUT2D eigenvalue weighted by molar-refractivity contribution is -0.166. The first-order chi connectivity index (χ1) is 33.5. The molecule has 0 spiro atoms. The summed E-state index contributed by atoms with van der Waals surface area (Å²) in [4.78, 5) is 38.0. The molecule has 0 aromatic rings. The average molecular weight is 931 g/mol. The monoisotopic (exact) mass is 931 g/mol. The Morgan fingerprint density at radius 3 is 1.18 bits per heavy atom. The molecule has 0 aromatic heterocycles. The van der Waals surface area contributed by atoms with Gasteiger partial charge >= 0.3 is 17.9 Å². The van der Waals surface area contributed by atoms with E-state index in [0.717, 1.165) is 89.9 Å². The van der Waals surface area contributed by atoms with Crippen LogP contribution in [0, 0.1) is 0 Å². The van der Waals surface area contributed by atoms with E-state index in [1.54, 1.807) is 0 Å². The molecular formula is C62H90O6. The van der Waals surface area contributed by atoms with Crippen LogP contribution < -0.4 is 0 Å². The molecule has 1 unspecified atom stereocenters. The van der Waals surface area contributed by atoms with Crippen molar-refractivity contribution < 1.29 is 28.6 Å². The van der Waals surface area contributed by atoms with Crippen LogP contribution in [0.25, 0.3) is 0 Å². The second kappa shape index (κ2) is 54.1. The van der Waals surface area contributed by atoms with Gasteiger partial charge in [0.1, 0.15) is 13.2 Å². The highest BCUT2D eigenvalue weighted by Gasteiger charge is 2.19. The summed E-state index contributed by atoms with van der Waals surface area (Å²) < 4.78 is 16.6. The van der Waals surface area contributed by atoms with Crippen molar-refractivity contribution >= 4 is 17.9 Å². The first-order valence-electron chi connectivity index (χ1n) is 25.9. The summed E-state index contributed by atoms with van der Waals surface area (Å²) in [6, 6.07) is 0. The molecule has 0 radical (unpaired) electrons. The summed E-state index contributed by atoms with van der Waals surface area (Å²) >= 11 is 0. The van der Waals surface area contributed by atoms with E-state index in [2.05, 4.69) is 130 Å². The predicted molar refractivity (Wildman–Crippen MR) is 292 cm³/mol.